The van der Waals surface area contributed by atoms with Gasteiger partial charge in [-0.15, -0.1) is 0 Å². The van der Waals surface area contributed by atoms with Crippen molar-refractivity contribution in [2.45, 2.75) is 6.04 Å². The van der Waals surface area contributed by atoms with Crippen molar-refractivity contribution < 1.29 is 13.9 Å². The van der Waals surface area contributed by atoms with Crippen molar-refractivity contribution >= 4 is 5.91 Å². The number of likely N-dealkylation sites (N-methyl/N-ethyl adjacent to an activating group) is 2. The zero-order chi connectivity index (χ0) is 15.9. The molecule has 1 aliphatic rings. The number of amides is 1. The number of morpholine rings is 1. The molecule has 0 aromatic heterocycles. The molecule has 0 bridgehead atoms. The largest absolute Gasteiger partial charge is 0.379 e. The minimum Gasteiger partial charge on any atom is -0.379 e. The number of carbonyl (C=O) groups excluding carboxylic acids is 1. The molecule has 1 fully saturated rings. The van der Waals surface area contributed by atoms with Gasteiger partial charge in [0.1, 0.15) is 11.9 Å². The normalized spacial score (nSPS) is 17.2. The Kier molecular flexibility index (Phi) is 6.30. The van der Waals surface area contributed by atoms with Crippen LogP contribution in [0.25, 0.3) is 0 Å². The van der Waals surface area contributed by atoms with E-state index < -0.39 is 6.04 Å². The standard InChI is InChI=1S/C16H24FN3O2/c1-18-7-8-19(2)16(21)15(20-9-11-22-12-10-20)13-5-3-4-6-14(13)17/h3-6,15,18H,7-12H2,1-2H3. The quantitative estimate of drug-likeness (QED) is 0.847. The van der Waals surface area contributed by atoms with Gasteiger partial charge in [0.2, 0.25) is 5.91 Å². The van der Waals surface area contributed by atoms with Gasteiger partial charge in [-0.05, 0) is 13.1 Å². The van der Waals surface area contributed by atoms with Gasteiger partial charge in [-0.3, -0.25) is 9.69 Å². The average molecular weight is 309 g/mol. The molecular formula is C16H24FN3O2. The molecule has 0 aliphatic carbocycles. The lowest BCUT2D eigenvalue weighted by Crippen LogP contribution is -2.47. The number of benzene rings is 1. The third-order valence-electron chi connectivity index (χ3n) is 3.92. The van der Waals surface area contributed by atoms with Gasteiger partial charge >= 0.3 is 0 Å². The fraction of sp³-hybridized carbons (Fsp3) is 0.562. The van der Waals surface area contributed by atoms with Gasteiger partial charge < -0.3 is 15.0 Å². The molecule has 122 valence electrons. The SMILES string of the molecule is CNCCN(C)C(=O)C(c1ccccc1F)N1CCOCC1. The molecule has 1 aliphatic heterocycles. The number of halogens is 1. The maximum absolute atomic E-state index is 14.2. The predicted octanol–water partition coefficient (Wildman–Crippen LogP) is 0.877. The first-order valence-electron chi connectivity index (χ1n) is 7.61. The van der Waals surface area contributed by atoms with E-state index in [1.165, 1.54) is 6.07 Å². The van der Waals surface area contributed by atoms with Gasteiger partial charge in [-0.1, -0.05) is 18.2 Å². The molecular weight excluding hydrogens is 285 g/mol. The first-order valence-corrected chi connectivity index (χ1v) is 7.61. The van der Waals surface area contributed by atoms with Crippen LogP contribution in [0, 0.1) is 5.82 Å². The Bertz CT molecular complexity index is 492. The molecule has 0 radical (unpaired) electrons. The molecule has 1 unspecified atom stereocenters. The molecule has 0 saturated carbocycles. The highest BCUT2D eigenvalue weighted by Gasteiger charge is 2.32. The highest BCUT2D eigenvalue weighted by molar-refractivity contribution is 5.83. The second kappa shape index (κ2) is 8.22. The number of rotatable bonds is 6. The van der Waals surface area contributed by atoms with Gasteiger partial charge in [0.25, 0.3) is 0 Å². The van der Waals surface area contributed by atoms with E-state index in [1.54, 1.807) is 30.1 Å². The second-order valence-corrected chi connectivity index (χ2v) is 5.44. The Balaban J connectivity index is 2.25. The van der Waals surface area contributed by atoms with Crippen LogP contribution in [-0.2, 0) is 9.53 Å². The summed E-state index contributed by atoms with van der Waals surface area (Å²) >= 11 is 0. The summed E-state index contributed by atoms with van der Waals surface area (Å²) < 4.78 is 19.6. The van der Waals surface area contributed by atoms with Crippen molar-refractivity contribution in [2.24, 2.45) is 0 Å². The number of nitrogens with zero attached hydrogens (tertiary/aromatic N) is 2. The van der Waals surface area contributed by atoms with Crippen LogP contribution in [0.1, 0.15) is 11.6 Å². The average Bonchev–Trinajstić information content (AvgIpc) is 2.55. The van der Waals surface area contributed by atoms with Crippen LogP contribution in [0.3, 0.4) is 0 Å². The van der Waals surface area contributed by atoms with Crippen LogP contribution in [0.2, 0.25) is 0 Å². The van der Waals surface area contributed by atoms with Crippen molar-refractivity contribution in [3.8, 4) is 0 Å². The third kappa shape index (κ3) is 4.03. The van der Waals surface area contributed by atoms with E-state index in [9.17, 15) is 9.18 Å². The topological polar surface area (TPSA) is 44.8 Å². The van der Waals surface area contributed by atoms with Crippen molar-refractivity contribution in [3.05, 3.63) is 35.6 Å². The number of hydrogen-bond acceptors (Lipinski definition) is 4. The minimum atomic E-state index is -0.591. The lowest BCUT2D eigenvalue weighted by atomic mass is 10.0. The van der Waals surface area contributed by atoms with Gasteiger partial charge in [0, 0.05) is 38.8 Å². The van der Waals surface area contributed by atoms with Gasteiger partial charge in [0.15, 0.2) is 0 Å². The molecule has 1 amide bonds. The number of hydrogen-bond donors (Lipinski definition) is 1. The highest BCUT2D eigenvalue weighted by Crippen LogP contribution is 2.26. The molecule has 22 heavy (non-hydrogen) atoms. The number of nitrogens with one attached hydrogen (secondary N) is 1. The predicted molar refractivity (Wildman–Crippen MR) is 83.1 cm³/mol. The molecule has 1 heterocycles. The van der Waals surface area contributed by atoms with E-state index in [4.69, 9.17) is 4.74 Å². The summed E-state index contributed by atoms with van der Waals surface area (Å²) in [6, 6.07) is 5.92. The van der Waals surface area contributed by atoms with Gasteiger partial charge in [-0.2, -0.15) is 0 Å². The van der Waals surface area contributed by atoms with E-state index in [-0.39, 0.29) is 11.7 Å². The van der Waals surface area contributed by atoms with E-state index in [2.05, 4.69) is 5.32 Å². The van der Waals surface area contributed by atoms with Crippen LogP contribution >= 0.6 is 0 Å². The summed E-state index contributed by atoms with van der Waals surface area (Å²) in [7, 11) is 3.60. The third-order valence-corrected chi connectivity index (χ3v) is 3.92. The Labute approximate surface area is 131 Å². The van der Waals surface area contributed by atoms with Gasteiger partial charge in [0.05, 0.1) is 13.2 Å². The second-order valence-electron chi connectivity index (χ2n) is 5.44. The Hall–Kier alpha value is -1.50. The summed E-state index contributed by atoms with van der Waals surface area (Å²) in [5.74, 6) is -0.420. The molecule has 1 aromatic carbocycles. The summed E-state index contributed by atoms with van der Waals surface area (Å²) in [6.07, 6.45) is 0. The van der Waals surface area contributed by atoms with Crippen LogP contribution in [-0.4, -0.2) is 69.2 Å². The van der Waals surface area contributed by atoms with Crippen LogP contribution < -0.4 is 5.32 Å². The first kappa shape index (κ1) is 16.9. The van der Waals surface area contributed by atoms with E-state index >= 15 is 0 Å². The van der Waals surface area contributed by atoms with Crippen molar-refractivity contribution in [2.75, 3.05) is 53.5 Å². The minimum absolute atomic E-state index is 0.0812. The number of carbonyl (C=O) groups is 1. The molecule has 5 nitrogen and oxygen atoms in total. The van der Waals surface area contributed by atoms with E-state index in [0.29, 0.717) is 45.0 Å². The summed E-state index contributed by atoms with van der Waals surface area (Å²) in [5, 5.41) is 3.02. The zero-order valence-electron chi connectivity index (χ0n) is 13.2. The first-order chi connectivity index (χ1) is 10.6. The molecule has 1 saturated heterocycles. The lowest BCUT2D eigenvalue weighted by Gasteiger charge is -2.36. The fourth-order valence-electron chi connectivity index (χ4n) is 2.62. The monoisotopic (exact) mass is 309 g/mol. The number of ether oxygens (including phenoxy) is 1. The Morgan fingerprint density at radius 3 is 2.73 bits per heavy atom. The van der Waals surface area contributed by atoms with Crippen LogP contribution in [0.4, 0.5) is 4.39 Å². The van der Waals surface area contributed by atoms with Crippen molar-refractivity contribution in [1.82, 2.24) is 15.1 Å². The van der Waals surface area contributed by atoms with E-state index in [0.717, 1.165) is 0 Å². The van der Waals surface area contributed by atoms with Crippen molar-refractivity contribution in [3.63, 3.8) is 0 Å². The molecule has 0 spiro atoms. The van der Waals surface area contributed by atoms with Gasteiger partial charge in [-0.25, -0.2) is 4.39 Å². The highest BCUT2D eigenvalue weighted by atomic mass is 19.1. The molecule has 1 N–H and O–H groups in total. The Morgan fingerprint density at radius 2 is 2.09 bits per heavy atom. The summed E-state index contributed by atoms with van der Waals surface area (Å²) in [5.41, 5.74) is 0.436. The smallest absolute Gasteiger partial charge is 0.244 e. The lowest BCUT2D eigenvalue weighted by molar-refractivity contribution is -0.137. The maximum Gasteiger partial charge on any atom is 0.244 e. The Morgan fingerprint density at radius 1 is 1.41 bits per heavy atom. The van der Waals surface area contributed by atoms with Crippen LogP contribution in [0.15, 0.2) is 24.3 Å². The molecule has 1 atom stereocenters. The summed E-state index contributed by atoms with van der Waals surface area (Å²) in [4.78, 5) is 16.5. The molecule has 6 heteroatoms. The fourth-order valence-corrected chi connectivity index (χ4v) is 2.62. The maximum atomic E-state index is 14.2. The van der Waals surface area contributed by atoms with Crippen LogP contribution in [0.5, 0.6) is 0 Å². The van der Waals surface area contributed by atoms with E-state index in [1.807, 2.05) is 11.9 Å². The molecule has 1 aromatic rings. The zero-order valence-corrected chi connectivity index (χ0v) is 13.2. The van der Waals surface area contributed by atoms with Crippen molar-refractivity contribution in [1.29, 1.82) is 0 Å². The molecule has 2 rings (SSSR count). The summed E-state index contributed by atoms with van der Waals surface area (Å²) in [6.45, 7) is 3.69.